The Hall–Kier alpha value is -1.72. The van der Waals surface area contributed by atoms with E-state index >= 15 is 0 Å². The highest BCUT2D eigenvalue weighted by Gasteiger charge is 2.30. The van der Waals surface area contributed by atoms with Crippen LogP contribution in [-0.4, -0.2) is 5.97 Å². The number of nitrogens with two attached hydrogens (primary N) is 1. The summed E-state index contributed by atoms with van der Waals surface area (Å²) in [5, 5.41) is 10.3. The van der Waals surface area contributed by atoms with Gasteiger partial charge in [0.25, 0.3) is 0 Å². The van der Waals surface area contributed by atoms with Crippen LogP contribution < -0.4 is 10.8 Å². The van der Waals surface area contributed by atoms with Crippen LogP contribution >= 0.6 is 0 Å². The van der Waals surface area contributed by atoms with E-state index in [0.29, 0.717) is 12.1 Å². The molecule has 0 unspecified atom stereocenters. The van der Waals surface area contributed by atoms with E-state index in [1.807, 2.05) is 0 Å². The smallest absolute Gasteiger partial charge is 0.416 e. The van der Waals surface area contributed by atoms with Crippen LogP contribution in [0.25, 0.3) is 0 Å². The van der Waals surface area contributed by atoms with Gasteiger partial charge in [0, 0.05) is 11.3 Å². The Balaban J connectivity index is 3.27. The highest BCUT2D eigenvalue weighted by molar-refractivity contribution is 5.92. The van der Waals surface area contributed by atoms with Gasteiger partial charge in [-0.2, -0.15) is 13.2 Å². The number of alkyl halides is 3. The minimum Gasteiger partial charge on any atom is -0.545 e. The van der Waals surface area contributed by atoms with E-state index in [1.165, 1.54) is 0 Å². The van der Waals surface area contributed by atoms with Crippen molar-refractivity contribution in [3.63, 3.8) is 0 Å². The number of carbonyl (C=O) groups excluding carboxylic acids is 1. The molecule has 76 valence electrons. The number of hydrogen-bond acceptors (Lipinski definition) is 3. The van der Waals surface area contributed by atoms with Gasteiger partial charge in [-0.15, -0.1) is 0 Å². The lowest BCUT2D eigenvalue weighted by Crippen LogP contribution is -2.24. The average molecular weight is 204 g/mol. The molecule has 1 rings (SSSR count). The number of anilines is 1. The fourth-order valence-corrected chi connectivity index (χ4v) is 0.909. The normalized spacial score (nSPS) is 11.4. The van der Waals surface area contributed by atoms with E-state index in [1.54, 1.807) is 0 Å². The van der Waals surface area contributed by atoms with Crippen molar-refractivity contribution in [3.8, 4) is 0 Å². The maximum Gasteiger partial charge on any atom is 0.416 e. The first-order valence-electron chi connectivity index (χ1n) is 3.50. The van der Waals surface area contributed by atoms with E-state index < -0.39 is 23.3 Å². The first-order chi connectivity index (χ1) is 6.32. The van der Waals surface area contributed by atoms with Crippen LogP contribution in [0, 0.1) is 0 Å². The molecule has 6 heteroatoms. The largest absolute Gasteiger partial charge is 0.545 e. The van der Waals surface area contributed by atoms with Crippen molar-refractivity contribution in [1.82, 2.24) is 0 Å². The lowest BCUT2D eigenvalue weighted by atomic mass is 10.1. The highest BCUT2D eigenvalue weighted by Crippen LogP contribution is 2.30. The van der Waals surface area contributed by atoms with Crippen molar-refractivity contribution in [3.05, 3.63) is 29.3 Å². The summed E-state index contributed by atoms with van der Waals surface area (Å²) in [6.45, 7) is 0. The van der Waals surface area contributed by atoms with E-state index in [2.05, 4.69) is 0 Å². The number of rotatable bonds is 1. The summed E-state index contributed by atoms with van der Waals surface area (Å²) in [6.07, 6.45) is -4.59. The molecule has 0 saturated carbocycles. The fraction of sp³-hybridized carbons (Fsp3) is 0.125. The first kappa shape index (κ1) is 10.4. The summed E-state index contributed by atoms with van der Waals surface area (Å²) in [4.78, 5) is 10.3. The minimum atomic E-state index is -4.59. The second-order valence-electron chi connectivity index (χ2n) is 2.59. The van der Waals surface area contributed by atoms with Crippen molar-refractivity contribution in [2.45, 2.75) is 6.18 Å². The molecule has 0 bridgehead atoms. The zero-order valence-electron chi connectivity index (χ0n) is 6.76. The van der Waals surface area contributed by atoms with Crippen LogP contribution in [0.15, 0.2) is 18.2 Å². The monoisotopic (exact) mass is 204 g/mol. The molecule has 0 aliphatic rings. The van der Waals surface area contributed by atoms with Gasteiger partial charge in [0.15, 0.2) is 0 Å². The van der Waals surface area contributed by atoms with Crippen molar-refractivity contribution in [1.29, 1.82) is 0 Å². The molecule has 0 fully saturated rings. The summed E-state index contributed by atoms with van der Waals surface area (Å²) in [5.41, 5.74) is 3.18. The second-order valence-corrected chi connectivity index (χ2v) is 2.59. The molecular weight excluding hydrogens is 199 g/mol. The average Bonchev–Trinajstić information content (AvgIpc) is 2.02. The first-order valence-corrected chi connectivity index (χ1v) is 3.50. The van der Waals surface area contributed by atoms with Crippen LogP contribution in [-0.2, 0) is 6.18 Å². The van der Waals surface area contributed by atoms with Gasteiger partial charge < -0.3 is 15.6 Å². The van der Waals surface area contributed by atoms with E-state index in [-0.39, 0.29) is 5.69 Å². The fourth-order valence-electron chi connectivity index (χ4n) is 0.909. The number of halogens is 3. The predicted octanol–water partition coefficient (Wildman–Crippen LogP) is 0.651. The van der Waals surface area contributed by atoms with Gasteiger partial charge in [-0.25, -0.2) is 0 Å². The minimum absolute atomic E-state index is 0.252. The van der Waals surface area contributed by atoms with Crippen molar-refractivity contribution < 1.29 is 23.1 Å². The van der Waals surface area contributed by atoms with Crippen molar-refractivity contribution in [2.24, 2.45) is 0 Å². The standard InChI is InChI=1S/C8H6F3NO2/c9-8(10,11)4-1-2-6(12)5(3-4)7(13)14/h1-3H,12H2,(H,13,14)/p-1. The molecule has 0 amide bonds. The third kappa shape index (κ3) is 1.95. The van der Waals surface area contributed by atoms with Crippen molar-refractivity contribution >= 4 is 11.7 Å². The lowest BCUT2D eigenvalue weighted by Gasteiger charge is -2.11. The number of nitrogen functional groups attached to an aromatic ring is 1. The van der Waals surface area contributed by atoms with Crippen LogP contribution in [0.5, 0.6) is 0 Å². The van der Waals surface area contributed by atoms with Gasteiger partial charge in [-0.1, -0.05) is 0 Å². The number of aromatic carboxylic acids is 1. The topological polar surface area (TPSA) is 66.2 Å². The molecular formula is C8H5F3NO2-. The Morgan fingerprint density at radius 1 is 1.36 bits per heavy atom. The van der Waals surface area contributed by atoms with Crippen LogP contribution in [0.3, 0.4) is 0 Å². The van der Waals surface area contributed by atoms with E-state index in [4.69, 9.17) is 5.73 Å². The van der Waals surface area contributed by atoms with Crippen LogP contribution in [0.1, 0.15) is 15.9 Å². The van der Waals surface area contributed by atoms with Crippen LogP contribution in [0.2, 0.25) is 0 Å². The number of hydrogen-bond donors (Lipinski definition) is 1. The Morgan fingerprint density at radius 3 is 2.36 bits per heavy atom. The summed E-state index contributed by atoms with van der Waals surface area (Å²) in [6, 6.07) is 2.04. The van der Waals surface area contributed by atoms with Crippen molar-refractivity contribution in [2.75, 3.05) is 5.73 Å². The molecule has 0 aromatic heterocycles. The molecule has 0 saturated heterocycles. The maximum absolute atomic E-state index is 12.1. The van der Waals surface area contributed by atoms with Gasteiger partial charge in [0.2, 0.25) is 0 Å². The molecule has 0 radical (unpaired) electrons. The number of carboxylic acid groups (broad SMARTS) is 1. The molecule has 14 heavy (non-hydrogen) atoms. The summed E-state index contributed by atoms with van der Waals surface area (Å²) < 4.78 is 36.3. The quantitative estimate of drug-likeness (QED) is 0.683. The van der Waals surface area contributed by atoms with E-state index in [0.717, 1.165) is 6.07 Å². The highest BCUT2D eigenvalue weighted by atomic mass is 19.4. The third-order valence-electron chi connectivity index (χ3n) is 1.60. The Kier molecular flexibility index (Phi) is 2.37. The molecule has 0 heterocycles. The summed E-state index contributed by atoms with van der Waals surface area (Å²) in [7, 11) is 0. The summed E-state index contributed by atoms with van der Waals surface area (Å²) >= 11 is 0. The zero-order valence-corrected chi connectivity index (χ0v) is 6.76. The SMILES string of the molecule is Nc1ccc(C(F)(F)F)cc1C(=O)[O-]. The second kappa shape index (κ2) is 3.21. The third-order valence-corrected chi connectivity index (χ3v) is 1.60. The van der Waals surface area contributed by atoms with Gasteiger partial charge in [0.1, 0.15) is 0 Å². The number of carboxylic acids is 1. The Morgan fingerprint density at radius 2 is 1.93 bits per heavy atom. The van der Waals surface area contributed by atoms with Crippen LogP contribution in [0.4, 0.5) is 18.9 Å². The van der Waals surface area contributed by atoms with Gasteiger partial charge in [-0.3, -0.25) is 0 Å². The lowest BCUT2D eigenvalue weighted by molar-refractivity contribution is -0.254. The molecule has 1 aromatic carbocycles. The predicted molar refractivity (Wildman–Crippen MR) is 40.2 cm³/mol. The number of benzene rings is 1. The molecule has 0 aliphatic heterocycles. The number of carbonyl (C=O) groups is 1. The van der Waals surface area contributed by atoms with Gasteiger partial charge in [-0.05, 0) is 18.2 Å². The van der Waals surface area contributed by atoms with Gasteiger partial charge >= 0.3 is 6.18 Å². The van der Waals surface area contributed by atoms with Gasteiger partial charge in [0.05, 0.1) is 11.5 Å². The summed E-state index contributed by atoms with van der Waals surface area (Å²) in [5.74, 6) is -1.73. The zero-order chi connectivity index (χ0) is 10.9. The molecule has 0 aliphatic carbocycles. The van der Waals surface area contributed by atoms with E-state index in [9.17, 15) is 23.1 Å². The molecule has 0 atom stereocenters. The Bertz CT molecular complexity index is 373. The molecule has 3 nitrogen and oxygen atoms in total. The molecule has 2 N–H and O–H groups in total. The Labute approximate surface area is 77.0 Å². The molecule has 1 aromatic rings. The maximum atomic E-state index is 12.1. The molecule has 0 spiro atoms.